The van der Waals surface area contributed by atoms with Gasteiger partial charge in [-0.25, -0.2) is 8.42 Å². The Labute approximate surface area is 197 Å². The van der Waals surface area contributed by atoms with E-state index in [0.29, 0.717) is 28.4 Å². The summed E-state index contributed by atoms with van der Waals surface area (Å²) in [5.41, 5.74) is 1.16. The van der Waals surface area contributed by atoms with E-state index in [4.69, 9.17) is 18.6 Å². The largest absolute Gasteiger partial charge is 0.493 e. The second-order valence-electron chi connectivity index (χ2n) is 7.31. The molecule has 1 amide bonds. The number of hydrogen-bond donors (Lipinski definition) is 1. The van der Waals surface area contributed by atoms with Crippen molar-refractivity contribution < 1.29 is 31.8 Å². The van der Waals surface area contributed by atoms with Crippen LogP contribution in [0.4, 0.5) is 6.01 Å². The highest BCUT2D eigenvalue weighted by Gasteiger charge is 2.19. The first-order chi connectivity index (χ1) is 16.2. The number of amides is 1. The van der Waals surface area contributed by atoms with Gasteiger partial charge in [0.1, 0.15) is 0 Å². The van der Waals surface area contributed by atoms with Crippen molar-refractivity contribution in [2.75, 3.05) is 26.6 Å². The van der Waals surface area contributed by atoms with Gasteiger partial charge in [0.25, 0.3) is 5.91 Å². The summed E-state index contributed by atoms with van der Waals surface area (Å²) in [5.74, 6) is 0.992. The highest BCUT2D eigenvalue weighted by atomic mass is 32.2. The Hall–Kier alpha value is -3.86. The van der Waals surface area contributed by atoms with Gasteiger partial charge in [-0.2, -0.15) is 0 Å². The minimum absolute atomic E-state index is 0.103. The Bertz CT molecular complexity index is 1270. The zero-order valence-electron chi connectivity index (χ0n) is 19.4. The lowest BCUT2D eigenvalue weighted by molar-refractivity contribution is -0.112. The Morgan fingerprint density at radius 3 is 2.15 bits per heavy atom. The van der Waals surface area contributed by atoms with E-state index in [-0.39, 0.29) is 16.8 Å². The van der Waals surface area contributed by atoms with Crippen LogP contribution in [0.3, 0.4) is 0 Å². The number of sulfone groups is 1. The van der Waals surface area contributed by atoms with Crippen molar-refractivity contribution in [1.82, 2.24) is 10.2 Å². The molecule has 0 saturated heterocycles. The second-order valence-corrected chi connectivity index (χ2v) is 9.82. The van der Waals surface area contributed by atoms with E-state index in [0.717, 1.165) is 0 Å². The molecule has 0 spiro atoms. The van der Waals surface area contributed by atoms with E-state index in [2.05, 4.69) is 15.5 Å². The summed E-state index contributed by atoms with van der Waals surface area (Å²) in [4.78, 5) is 12.5. The van der Waals surface area contributed by atoms with E-state index < -0.39 is 21.0 Å². The lowest BCUT2D eigenvalue weighted by atomic mass is 10.1. The molecule has 3 rings (SSSR count). The van der Waals surface area contributed by atoms with Gasteiger partial charge in [0.05, 0.1) is 31.5 Å². The number of anilines is 1. The smallest absolute Gasteiger partial charge is 0.322 e. The summed E-state index contributed by atoms with van der Waals surface area (Å²) in [5, 5.41) is 9.66. The molecule has 0 fully saturated rings. The van der Waals surface area contributed by atoms with Gasteiger partial charge in [0, 0.05) is 11.6 Å². The molecule has 0 saturated carbocycles. The number of nitrogens with one attached hydrogen (secondary N) is 1. The molecule has 0 unspecified atom stereocenters. The van der Waals surface area contributed by atoms with Gasteiger partial charge in [0.15, 0.2) is 21.3 Å². The van der Waals surface area contributed by atoms with Crippen LogP contribution in [-0.4, -0.2) is 51.1 Å². The number of carbonyl (C=O) groups is 1. The quantitative estimate of drug-likeness (QED) is 0.450. The Morgan fingerprint density at radius 1 is 1.00 bits per heavy atom. The number of nitrogens with zero attached hydrogens (tertiary/aromatic N) is 2. The molecule has 34 heavy (non-hydrogen) atoms. The summed E-state index contributed by atoms with van der Waals surface area (Å²) in [7, 11) is 1.12. The van der Waals surface area contributed by atoms with Crippen LogP contribution in [0.2, 0.25) is 0 Å². The van der Waals surface area contributed by atoms with Gasteiger partial charge in [0.2, 0.25) is 11.6 Å². The minimum atomic E-state index is -3.38. The fourth-order valence-corrected chi connectivity index (χ4v) is 4.03. The Kier molecular flexibility index (Phi) is 7.57. The van der Waals surface area contributed by atoms with Crippen LogP contribution in [0.1, 0.15) is 19.4 Å². The van der Waals surface area contributed by atoms with Crippen molar-refractivity contribution in [3.63, 3.8) is 0 Å². The van der Waals surface area contributed by atoms with Crippen molar-refractivity contribution in [1.29, 1.82) is 0 Å². The standard InChI is InChI=1S/C23H25N3O7S/c1-14(2)34(28,29)17-9-7-16(8-10-17)22-25-26-23(33-22)24-20(27)11-6-15-12-18(30-3)21(32-5)19(13-15)31-4/h6-14H,1-5H3,(H,24,26,27). The lowest BCUT2D eigenvalue weighted by Gasteiger charge is -2.12. The van der Waals surface area contributed by atoms with Crippen LogP contribution in [0.15, 0.2) is 51.8 Å². The average Bonchev–Trinajstić information content (AvgIpc) is 3.30. The fraction of sp³-hybridized carbons (Fsp3) is 0.261. The SMILES string of the molecule is COc1cc(C=CC(=O)Nc2nnc(-c3ccc(S(=O)(=O)C(C)C)cc3)o2)cc(OC)c1OC. The number of rotatable bonds is 9. The number of benzene rings is 2. The molecule has 11 heteroatoms. The maximum atomic E-state index is 12.3. The molecular weight excluding hydrogens is 462 g/mol. The number of aromatic nitrogens is 2. The van der Waals surface area contributed by atoms with Crippen LogP contribution in [0, 0.1) is 0 Å². The molecule has 0 aliphatic heterocycles. The van der Waals surface area contributed by atoms with Crippen LogP contribution in [0.25, 0.3) is 17.5 Å². The van der Waals surface area contributed by atoms with Crippen molar-refractivity contribution in [2.24, 2.45) is 0 Å². The van der Waals surface area contributed by atoms with E-state index in [9.17, 15) is 13.2 Å². The maximum absolute atomic E-state index is 12.3. The number of ether oxygens (including phenoxy) is 3. The third-order valence-corrected chi connectivity index (χ3v) is 6.99. The van der Waals surface area contributed by atoms with Crippen LogP contribution in [0.5, 0.6) is 17.2 Å². The monoisotopic (exact) mass is 487 g/mol. The van der Waals surface area contributed by atoms with E-state index >= 15 is 0 Å². The zero-order valence-corrected chi connectivity index (χ0v) is 20.2. The minimum Gasteiger partial charge on any atom is -0.493 e. The van der Waals surface area contributed by atoms with Crippen molar-refractivity contribution in [2.45, 2.75) is 24.0 Å². The van der Waals surface area contributed by atoms with Crippen LogP contribution < -0.4 is 19.5 Å². The molecule has 1 heterocycles. The normalized spacial score (nSPS) is 11.6. The third kappa shape index (κ3) is 5.37. The summed E-state index contributed by atoms with van der Waals surface area (Å²) < 4.78 is 45.8. The zero-order chi connectivity index (χ0) is 24.9. The average molecular weight is 488 g/mol. The molecular formula is C23H25N3O7S. The van der Waals surface area contributed by atoms with Gasteiger partial charge in [-0.1, -0.05) is 5.10 Å². The van der Waals surface area contributed by atoms with Crippen molar-refractivity contribution >= 4 is 27.8 Å². The molecule has 180 valence electrons. The molecule has 0 bridgehead atoms. The molecule has 0 aliphatic rings. The van der Waals surface area contributed by atoms with Crippen molar-refractivity contribution in [3.8, 4) is 28.7 Å². The maximum Gasteiger partial charge on any atom is 0.322 e. The number of carbonyl (C=O) groups excluding carboxylic acids is 1. The molecule has 0 radical (unpaired) electrons. The highest BCUT2D eigenvalue weighted by Crippen LogP contribution is 2.38. The van der Waals surface area contributed by atoms with E-state index in [1.807, 2.05) is 0 Å². The Balaban J connectivity index is 1.71. The highest BCUT2D eigenvalue weighted by molar-refractivity contribution is 7.92. The second kappa shape index (κ2) is 10.4. The number of hydrogen-bond acceptors (Lipinski definition) is 9. The summed E-state index contributed by atoms with van der Waals surface area (Å²) in [6.45, 7) is 3.23. The molecule has 2 aromatic carbocycles. The predicted molar refractivity (Wildman–Crippen MR) is 126 cm³/mol. The van der Waals surface area contributed by atoms with E-state index in [1.54, 1.807) is 44.2 Å². The molecule has 3 aromatic rings. The van der Waals surface area contributed by atoms with Gasteiger partial charge in [-0.3, -0.25) is 10.1 Å². The van der Waals surface area contributed by atoms with Crippen molar-refractivity contribution in [3.05, 3.63) is 48.0 Å². The van der Waals surface area contributed by atoms with Gasteiger partial charge >= 0.3 is 6.01 Å². The first kappa shape index (κ1) is 24.8. The summed E-state index contributed by atoms with van der Waals surface area (Å²) >= 11 is 0. The van der Waals surface area contributed by atoms with Gasteiger partial charge in [-0.05, 0) is 61.9 Å². The third-order valence-electron chi connectivity index (χ3n) is 4.82. The Morgan fingerprint density at radius 2 is 1.62 bits per heavy atom. The molecule has 0 atom stereocenters. The first-order valence-corrected chi connectivity index (χ1v) is 11.7. The summed E-state index contributed by atoms with van der Waals surface area (Å²) in [6.07, 6.45) is 2.85. The molecule has 10 nitrogen and oxygen atoms in total. The molecule has 0 aliphatic carbocycles. The van der Waals surface area contributed by atoms with E-state index in [1.165, 1.54) is 39.5 Å². The van der Waals surface area contributed by atoms with Crippen LogP contribution in [-0.2, 0) is 14.6 Å². The molecule has 1 aromatic heterocycles. The lowest BCUT2D eigenvalue weighted by Crippen LogP contribution is -2.13. The first-order valence-electron chi connectivity index (χ1n) is 10.2. The predicted octanol–water partition coefficient (Wildman–Crippen LogP) is 3.60. The van der Waals surface area contributed by atoms with Gasteiger partial charge < -0.3 is 18.6 Å². The molecule has 1 N–H and O–H groups in total. The topological polar surface area (TPSA) is 130 Å². The summed E-state index contributed by atoms with van der Waals surface area (Å²) in [6, 6.07) is 9.38. The van der Waals surface area contributed by atoms with Gasteiger partial charge in [-0.15, -0.1) is 5.10 Å². The fourth-order valence-electron chi connectivity index (χ4n) is 2.97. The van der Waals surface area contributed by atoms with Crippen LogP contribution >= 0.6 is 0 Å². The number of methoxy groups -OCH3 is 3.